The minimum atomic E-state index is -0.289. The molecule has 136 valence electrons. The summed E-state index contributed by atoms with van der Waals surface area (Å²) in [5.41, 5.74) is 3.21. The van der Waals surface area contributed by atoms with Gasteiger partial charge in [0.25, 0.3) is 0 Å². The molecule has 1 unspecified atom stereocenters. The van der Waals surface area contributed by atoms with Gasteiger partial charge in [-0.05, 0) is 54.6 Å². The number of halogens is 1. The van der Waals surface area contributed by atoms with Crippen LogP contribution in [0, 0.1) is 5.82 Å². The molecule has 2 aromatic rings. The van der Waals surface area contributed by atoms with Crippen molar-refractivity contribution in [3.63, 3.8) is 0 Å². The third-order valence-electron chi connectivity index (χ3n) is 5.22. The Balaban J connectivity index is 1.64. The number of nitrogens with zero attached hydrogens (tertiary/aromatic N) is 1. The quantitative estimate of drug-likeness (QED) is 0.895. The Labute approximate surface area is 153 Å². The molecule has 2 atom stereocenters. The van der Waals surface area contributed by atoms with E-state index >= 15 is 0 Å². The number of ether oxygens (including phenoxy) is 1. The number of benzene rings is 2. The smallest absolute Gasteiger partial charge is 0.410 e. The third kappa shape index (κ3) is 3.44. The molecule has 0 saturated carbocycles. The van der Waals surface area contributed by atoms with Crippen LogP contribution in [0.2, 0.25) is 0 Å². The van der Waals surface area contributed by atoms with Gasteiger partial charge in [0.15, 0.2) is 0 Å². The minimum absolute atomic E-state index is 0.0812. The van der Waals surface area contributed by atoms with Crippen LogP contribution in [0.1, 0.15) is 35.6 Å². The van der Waals surface area contributed by atoms with E-state index in [-0.39, 0.29) is 24.1 Å². The zero-order chi connectivity index (χ0) is 17.9. The highest BCUT2D eigenvalue weighted by atomic mass is 19.1. The van der Waals surface area contributed by atoms with Crippen molar-refractivity contribution in [2.75, 3.05) is 19.6 Å². The monoisotopic (exact) mass is 354 g/mol. The number of nitrogens with one attached hydrogen (secondary N) is 1. The van der Waals surface area contributed by atoms with Gasteiger partial charge in [0.1, 0.15) is 11.9 Å². The second-order valence-electron chi connectivity index (χ2n) is 6.95. The van der Waals surface area contributed by atoms with E-state index in [0.717, 1.165) is 36.9 Å². The van der Waals surface area contributed by atoms with E-state index in [4.69, 9.17) is 4.74 Å². The van der Waals surface area contributed by atoms with Crippen LogP contribution in [-0.4, -0.2) is 36.7 Å². The van der Waals surface area contributed by atoms with E-state index in [1.165, 1.54) is 17.7 Å². The van der Waals surface area contributed by atoms with Gasteiger partial charge in [0.05, 0.1) is 6.04 Å². The second-order valence-corrected chi connectivity index (χ2v) is 6.95. The molecule has 4 nitrogen and oxygen atoms in total. The second kappa shape index (κ2) is 7.46. The van der Waals surface area contributed by atoms with Crippen molar-refractivity contribution in [1.82, 2.24) is 10.2 Å². The highest BCUT2D eigenvalue weighted by molar-refractivity contribution is 5.70. The Morgan fingerprint density at radius 3 is 2.73 bits per heavy atom. The first-order chi connectivity index (χ1) is 12.7. The fourth-order valence-electron chi connectivity index (χ4n) is 3.90. The maximum Gasteiger partial charge on any atom is 0.410 e. The van der Waals surface area contributed by atoms with E-state index in [1.807, 2.05) is 18.2 Å². The normalized spacial score (nSPS) is 22.6. The van der Waals surface area contributed by atoms with E-state index in [2.05, 4.69) is 11.4 Å². The first-order valence-corrected chi connectivity index (χ1v) is 9.23. The van der Waals surface area contributed by atoms with E-state index in [9.17, 15) is 9.18 Å². The number of hydrogen-bond acceptors (Lipinski definition) is 3. The molecule has 1 amide bonds. The molecule has 1 saturated heterocycles. The standard InChI is InChI=1S/C21H23FN2O2/c22-17-9-7-16(8-10-17)20-19-6-2-1-4-15(19)11-13-24(20)21(25)26-18-5-3-12-23-14-18/h1-2,4,6-10,18,20,23H,3,5,11-14H2/t18?,20-/m0/s1. The maximum atomic E-state index is 13.4. The van der Waals surface area contributed by atoms with Gasteiger partial charge in [-0.2, -0.15) is 0 Å². The number of carbonyl (C=O) groups is 1. The molecular weight excluding hydrogens is 331 g/mol. The number of rotatable bonds is 2. The zero-order valence-electron chi connectivity index (χ0n) is 14.7. The van der Waals surface area contributed by atoms with Crippen molar-refractivity contribution >= 4 is 6.09 Å². The lowest BCUT2D eigenvalue weighted by molar-refractivity contribution is 0.0431. The molecule has 1 N–H and O–H groups in total. The molecule has 0 aliphatic carbocycles. The van der Waals surface area contributed by atoms with Crippen molar-refractivity contribution in [2.24, 2.45) is 0 Å². The van der Waals surface area contributed by atoms with Crippen LogP contribution < -0.4 is 5.32 Å². The summed E-state index contributed by atoms with van der Waals surface area (Å²) in [7, 11) is 0. The van der Waals surface area contributed by atoms with Gasteiger partial charge in [-0.3, -0.25) is 4.90 Å². The average molecular weight is 354 g/mol. The van der Waals surface area contributed by atoms with E-state index in [0.29, 0.717) is 13.1 Å². The topological polar surface area (TPSA) is 41.6 Å². The summed E-state index contributed by atoms with van der Waals surface area (Å²) >= 11 is 0. The molecule has 0 bridgehead atoms. The van der Waals surface area contributed by atoms with Crippen LogP contribution in [-0.2, 0) is 11.2 Å². The van der Waals surface area contributed by atoms with Crippen LogP contribution >= 0.6 is 0 Å². The van der Waals surface area contributed by atoms with E-state index in [1.54, 1.807) is 17.0 Å². The summed E-state index contributed by atoms with van der Waals surface area (Å²) in [5, 5.41) is 3.27. The summed E-state index contributed by atoms with van der Waals surface area (Å²) in [6.45, 7) is 2.28. The van der Waals surface area contributed by atoms with Gasteiger partial charge in [0.2, 0.25) is 0 Å². The molecular formula is C21H23FN2O2. The van der Waals surface area contributed by atoms with Gasteiger partial charge in [-0.25, -0.2) is 9.18 Å². The minimum Gasteiger partial charge on any atom is -0.445 e. The summed E-state index contributed by atoms with van der Waals surface area (Å²) < 4.78 is 19.2. The zero-order valence-corrected chi connectivity index (χ0v) is 14.7. The third-order valence-corrected chi connectivity index (χ3v) is 5.22. The van der Waals surface area contributed by atoms with Crippen molar-refractivity contribution in [1.29, 1.82) is 0 Å². The van der Waals surface area contributed by atoms with Crippen LogP contribution in [0.4, 0.5) is 9.18 Å². The first-order valence-electron chi connectivity index (χ1n) is 9.23. The van der Waals surface area contributed by atoms with Gasteiger partial charge in [-0.15, -0.1) is 0 Å². The van der Waals surface area contributed by atoms with Crippen LogP contribution in [0.3, 0.4) is 0 Å². The average Bonchev–Trinajstić information content (AvgIpc) is 2.68. The van der Waals surface area contributed by atoms with E-state index < -0.39 is 0 Å². The highest BCUT2D eigenvalue weighted by Gasteiger charge is 2.34. The number of amides is 1. The van der Waals surface area contributed by atoms with Crippen molar-refractivity contribution in [2.45, 2.75) is 31.4 Å². The maximum absolute atomic E-state index is 13.4. The SMILES string of the molecule is O=C(OC1CCCNC1)N1CCc2ccccc2[C@@H]1c1ccc(F)cc1. The molecule has 0 spiro atoms. The van der Waals surface area contributed by atoms with Crippen molar-refractivity contribution in [3.8, 4) is 0 Å². The Hall–Kier alpha value is -2.40. The van der Waals surface area contributed by atoms with Gasteiger partial charge >= 0.3 is 6.09 Å². The highest BCUT2D eigenvalue weighted by Crippen LogP contribution is 2.35. The lowest BCUT2D eigenvalue weighted by atomic mass is 9.88. The predicted octanol–water partition coefficient (Wildman–Crippen LogP) is 3.66. The molecule has 2 aliphatic heterocycles. The molecule has 1 fully saturated rings. The molecule has 26 heavy (non-hydrogen) atoms. The lowest BCUT2D eigenvalue weighted by Crippen LogP contribution is -2.44. The predicted molar refractivity (Wildman–Crippen MR) is 97.5 cm³/mol. The fourth-order valence-corrected chi connectivity index (χ4v) is 3.90. The van der Waals surface area contributed by atoms with Gasteiger partial charge in [-0.1, -0.05) is 36.4 Å². The number of piperidine rings is 1. The Bertz CT molecular complexity index is 772. The molecule has 0 radical (unpaired) electrons. The fraction of sp³-hybridized carbons (Fsp3) is 0.381. The molecule has 2 heterocycles. The summed E-state index contributed by atoms with van der Waals surface area (Å²) in [6, 6.07) is 14.3. The lowest BCUT2D eigenvalue weighted by Gasteiger charge is -2.38. The molecule has 5 heteroatoms. The van der Waals surface area contributed by atoms with Crippen LogP contribution in [0.15, 0.2) is 48.5 Å². The summed E-state index contributed by atoms with van der Waals surface area (Å²) in [6.07, 6.45) is 2.34. The first kappa shape index (κ1) is 17.0. The summed E-state index contributed by atoms with van der Waals surface area (Å²) in [5.74, 6) is -0.278. The molecule has 2 aliphatic rings. The molecule has 0 aromatic heterocycles. The number of carbonyl (C=O) groups excluding carboxylic acids is 1. The van der Waals surface area contributed by atoms with Crippen LogP contribution in [0.25, 0.3) is 0 Å². The largest absolute Gasteiger partial charge is 0.445 e. The Morgan fingerprint density at radius 1 is 1.15 bits per heavy atom. The van der Waals surface area contributed by atoms with Crippen molar-refractivity contribution < 1.29 is 13.9 Å². The number of fused-ring (bicyclic) bond motifs is 1. The number of hydrogen-bond donors (Lipinski definition) is 1. The molecule has 4 rings (SSSR count). The Morgan fingerprint density at radius 2 is 1.96 bits per heavy atom. The summed E-state index contributed by atoms with van der Waals surface area (Å²) in [4.78, 5) is 14.7. The van der Waals surface area contributed by atoms with Crippen molar-refractivity contribution in [3.05, 3.63) is 71.0 Å². The van der Waals surface area contributed by atoms with Gasteiger partial charge in [0, 0.05) is 13.1 Å². The van der Waals surface area contributed by atoms with Gasteiger partial charge < -0.3 is 10.1 Å². The Kier molecular flexibility index (Phi) is 4.89. The van der Waals surface area contributed by atoms with Crippen LogP contribution in [0.5, 0.6) is 0 Å². The molecule has 2 aromatic carbocycles.